The Labute approximate surface area is 117 Å². The summed E-state index contributed by atoms with van der Waals surface area (Å²) >= 11 is 0. The van der Waals surface area contributed by atoms with E-state index in [4.69, 9.17) is 14.5 Å². The third-order valence-corrected chi connectivity index (χ3v) is 4.05. The molecule has 1 aromatic rings. The first-order valence-corrected chi connectivity index (χ1v) is 10.2. The lowest BCUT2D eigenvalue weighted by molar-refractivity contribution is -0.374. The molecule has 1 aromatic carbocycles. The highest BCUT2D eigenvalue weighted by Gasteiger charge is 2.16. The molecule has 0 saturated heterocycles. The molecular weight excluding hydrogens is 256 g/mol. The molecule has 19 heavy (non-hydrogen) atoms. The zero-order chi connectivity index (χ0) is 14.3. The normalized spacial score (nSPS) is 13.3. The number of hydrogen-bond acceptors (Lipinski definition) is 3. The van der Waals surface area contributed by atoms with Crippen molar-refractivity contribution in [1.82, 2.24) is 0 Å². The third-order valence-electron chi connectivity index (χ3n) is 2.48. The number of methoxy groups -OCH3 is 1. The van der Waals surface area contributed by atoms with Crippen molar-refractivity contribution >= 4 is 8.07 Å². The van der Waals surface area contributed by atoms with E-state index in [0.717, 1.165) is 17.2 Å². The Hall–Kier alpha value is -0.943. The van der Waals surface area contributed by atoms with E-state index < -0.39 is 14.4 Å². The van der Waals surface area contributed by atoms with Crippen LogP contribution in [0, 0.1) is 0 Å². The van der Waals surface area contributed by atoms with Gasteiger partial charge in [0.1, 0.15) is 6.61 Å². The summed E-state index contributed by atoms with van der Waals surface area (Å²) in [5, 5.41) is 0. The molecule has 0 aromatic heterocycles. The number of benzene rings is 1. The molecule has 4 heteroatoms. The van der Waals surface area contributed by atoms with Crippen LogP contribution in [0.15, 0.2) is 42.5 Å². The summed E-state index contributed by atoms with van der Waals surface area (Å²) in [5.74, 6) is 0. The zero-order valence-electron chi connectivity index (χ0n) is 12.3. The average molecular weight is 280 g/mol. The van der Waals surface area contributed by atoms with Crippen LogP contribution in [-0.2, 0) is 14.5 Å². The molecule has 0 spiro atoms. The molecule has 1 atom stereocenters. The van der Waals surface area contributed by atoms with E-state index in [2.05, 4.69) is 26.2 Å². The minimum Gasteiger partial charge on any atom is -0.349 e. The van der Waals surface area contributed by atoms with E-state index in [9.17, 15) is 0 Å². The summed E-state index contributed by atoms with van der Waals surface area (Å²) in [6, 6.07) is 10.7. The van der Waals surface area contributed by atoms with Crippen molar-refractivity contribution in [2.24, 2.45) is 0 Å². The molecule has 0 bridgehead atoms. The number of rotatable bonds is 8. The number of ether oxygens (including phenoxy) is 1. The first-order valence-electron chi connectivity index (χ1n) is 6.45. The van der Waals surface area contributed by atoms with Gasteiger partial charge in [-0.1, -0.05) is 62.1 Å². The van der Waals surface area contributed by atoms with Crippen LogP contribution < -0.4 is 0 Å². The van der Waals surface area contributed by atoms with E-state index >= 15 is 0 Å². The van der Waals surface area contributed by atoms with Crippen molar-refractivity contribution in [3.8, 4) is 0 Å². The standard InChI is InChI=1S/C15H24O3Si/c1-13(12-19(3,4)5)11-17-18-15(16-2)14-9-7-6-8-10-14/h6-10,15H,1,11-12H2,2-5H3. The average Bonchev–Trinajstić information content (AvgIpc) is 2.33. The van der Waals surface area contributed by atoms with E-state index in [1.165, 1.54) is 0 Å². The van der Waals surface area contributed by atoms with Crippen molar-refractivity contribution < 1.29 is 14.5 Å². The fraction of sp³-hybridized carbons (Fsp3) is 0.467. The molecule has 0 fully saturated rings. The summed E-state index contributed by atoms with van der Waals surface area (Å²) in [6.45, 7) is 11.4. The molecule has 0 amide bonds. The van der Waals surface area contributed by atoms with Gasteiger partial charge in [0.25, 0.3) is 0 Å². The van der Waals surface area contributed by atoms with Gasteiger partial charge in [-0.25, -0.2) is 4.89 Å². The molecule has 0 heterocycles. The van der Waals surface area contributed by atoms with Crippen molar-refractivity contribution in [2.45, 2.75) is 32.0 Å². The smallest absolute Gasteiger partial charge is 0.217 e. The van der Waals surface area contributed by atoms with Crippen LogP contribution in [0.25, 0.3) is 0 Å². The monoisotopic (exact) mass is 280 g/mol. The van der Waals surface area contributed by atoms with Crippen LogP contribution in [0.3, 0.4) is 0 Å². The predicted molar refractivity (Wildman–Crippen MR) is 80.5 cm³/mol. The van der Waals surface area contributed by atoms with Crippen LogP contribution in [0.2, 0.25) is 25.7 Å². The SMILES string of the molecule is C=C(COOC(OC)c1ccccc1)C[Si](C)(C)C. The van der Waals surface area contributed by atoms with Crippen molar-refractivity contribution in [1.29, 1.82) is 0 Å². The summed E-state index contributed by atoms with van der Waals surface area (Å²) in [7, 11) is 0.459. The Morgan fingerprint density at radius 1 is 1.21 bits per heavy atom. The molecule has 106 valence electrons. The van der Waals surface area contributed by atoms with Gasteiger partial charge < -0.3 is 4.74 Å². The summed E-state index contributed by atoms with van der Waals surface area (Å²) in [4.78, 5) is 10.5. The quantitative estimate of drug-likeness (QED) is 0.235. The van der Waals surface area contributed by atoms with Gasteiger partial charge in [0, 0.05) is 20.7 Å². The second-order valence-electron chi connectivity index (χ2n) is 5.82. The van der Waals surface area contributed by atoms with Gasteiger partial charge in [-0.3, -0.25) is 0 Å². The molecule has 0 radical (unpaired) electrons. The fourth-order valence-corrected chi connectivity index (χ4v) is 3.42. The lowest BCUT2D eigenvalue weighted by Crippen LogP contribution is -2.21. The number of hydrogen-bond donors (Lipinski definition) is 0. The van der Waals surface area contributed by atoms with Gasteiger partial charge in [-0.15, -0.1) is 0 Å². The van der Waals surface area contributed by atoms with Crippen molar-refractivity contribution in [3.05, 3.63) is 48.0 Å². The van der Waals surface area contributed by atoms with Crippen molar-refractivity contribution in [2.75, 3.05) is 13.7 Å². The van der Waals surface area contributed by atoms with Crippen LogP contribution in [0.4, 0.5) is 0 Å². The van der Waals surface area contributed by atoms with Gasteiger partial charge in [-0.05, 0) is 6.04 Å². The zero-order valence-corrected chi connectivity index (χ0v) is 13.3. The molecule has 3 nitrogen and oxygen atoms in total. The molecule has 1 unspecified atom stereocenters. The lowest BCUT2D eigenvalue weighted by atomic mass is 10.2. The first-order chi connectivity index (χ1) is 8.92. The maximum absolute atomic E-state index is 5.29. The highest BCUT2D eigenvalue weighted by Crippen LogP contribution is 2.19. The van der Waals surface area contributed by atoms with Gasteiger partial charge in [0.15, 0.2) is 0 Å². The summed E-state index contributed by atoms with van der Waals surface area (Å²) < 4.78 is 5.25. The van der Waals surface area contributed by atoms with Crippen LogP contribution >= 0.6 is 0 Å². The maximum Gasteiger partial charge on any atom is 0.217 e. The second kappa shape index (κ2) is 7.60. The molecule has 0 saturated carbocycles. The molecule has 0 aliphatic heterocycles. The maximum atomic E-state index is 5.29. The predicted octanol–water partition coefficient (Wildman–Crippen LogP) is 4.17. The van der Waals surface area contributed by atoms with Gasteiger partial charge in [0.2, 0.25) is 6.29 Å². The lowest BCUT2D eigenvalue weighted by Gasteiger charge is -2.19. The van der Waals surface area contributed by atoms with Gasteiger partial charge >= 0.3 is 0 Å². The Bertz CT molecular complexity index is 384. The highest BCUT2D eigenvalue weighted by atomic mass is 28.3. The minimum atomic E-state index is -1.14. The van der Waals surface area contributed by atoms with Gasteiger partial charge in [0.05, 0.1) is 0 Å². The fourth-order valence-electron chi connectivity index (χ4n) is 1.82. The second-order valence-corrected chi connectivity index (χ2v) is 11.3. The van der Waals surface area contributed by atoms with Crippen molar-refractivity contribution in [3.63, 3.8) is 0 Å². The van der Waals surface area contributed by atoms with E-state index in [1.807, 2.05) is 30.3 Å². The summed E-state index contributed by atoms with van der Waals surface area (Å²) in [6.07, 6.45) is -0.499. The van der Waals surface area contributed by atoms with Gasteiger partial charge in [-0.2, -0.15) is 4.89 Å². The van der Waals surface area contributed by atoms with Crippen LogP contribution in [0.1, 0.15) is 11.9 Å². The molecule has 1 rings (SSSR count). The third kappa shape index (κ3) is 6.68. The molecule has 0 aliphatic rings. The summed E-state index contributed by atoms with van der Waals surface area (Å²) in [5.41, 5.74) is 2.00. The Kier molecular flexibility index (Phi) is 6.44. The Morgan fingerprint density at radius 2 is 1.84 bits per heavy atom. The van der Waals surface area contributed by atoms with E-state index in [-0.39, 0.29) is 0 Å². The van der Waals surface area contributed by atoms with Crippen LogP contribution in [0.5, 0.6) is 0 Å². The van der Waals surface area contributed by atoms with E-state index in [0.29, 0.717) is 6.61 Å². The Balaban J connectivity index is 2.37. The van der Waals surface area contributed by atoms with E-state index in [1.54, 1.807) is 7.11 Å². The molecular formula is C15H24O3Si. The molecule has 0 N–H and O–H groups in total. The first kappa shape index (κ1) is 16.1. The topological polar surface area (TPSA) is 27.7 Å². The molecule has 0 aliphatic carbocycles. The van der Waals surface area contributed by atoms with Crippen LogP contribution in [-0.4, -0.2) is 21.8 Å². The Morgan fingerprint density at radius 3 is 2.37 bits per heavy atom. The largest absolute Gasteiger partial charge is 0.349 e. The highest BCUT2D eigenvalue weighted by molar-refractivity contribution is 6.76. The minimum absolute atomic E-state index is 0.414.